The minimum atomic E-state index is -0.298. The minimum Gasteiger partial charge on any atom is -0.294 e. The van der Waals surface area contributed by atoms with Crippen LogP contribution >= 0.6 is 15.9 Å². The molecule has 0 saturated carbocycles. The standard InChI is InChI=1S/C11H13BrO.CH4/c1-11(2,3)10(13)8-4-6-9(12)7-5-8;/h4-7H,1-3H3;1H4. The van der Waals surface area contributed by atoms with E-state index >= 15 is 0 Å². The first kappa shape index (κ1) is 13.4. The molecule has 0 amide bonds. The average Bonchev–Trinajstić information content (AvgIpc) is 2.03. The van der Waals surface area contributed by atoms with Crippen LogP contribution in [0.3, 0.4) is 0 Å². The Morgan fingerprint density at radius 3 is 1.93 bits per heavy atom. The molecular weight excluding hydrogens is 240 g/mol. The molecule has 1 aromatic carbocycles. The van der Waals surface area contributed by atoms with Crippen molar-refractivity contribution in [3.8, 4) is 0 Å². The van der Waals surface area contributed by atoms with Gasteiger partial charge in [-0.1, -0.05) is 56.3 Å². The minimum absolute atomic E-state index is 0. The van der Waals surface area contributed by atoms with Crippen molar-refractivity contribution in [2.24, 2.45) is 5.41 Å². The van der Waals surface area contributed by atoms with Gasteiger partial charge < -0.3 is 0 Å². The maximum Gasteiger partial charge on any atom is 0.168 e. The Kier molecular flexibility index (Phi) is 4.53. The molecule has 0 saturated heterocycles. The summed E-state index contributed by atoms with van der Waals surface area (Å²) in [7, 11) is 0. The van der Waals surface area contributed by atoms with Gasteiger partial charge in [0, 0.05) is 15.5 Å². The van der Waals surface area contributed by atoms with E-state index in [1.165, 1.54) is 0 Å². The molecular formula is C12H17BrO. The zero-order valence-electron chi connectivity index (χ0n) is 8.10. The number of carbonyl (C=O) groups excluding carboxylic acids is 1. The van der Waals surface area contributed by atoms with Gasteiger partial charge in [0.25, 0.3) is 0 Å². The van der Waals surface area contributed by atoms with E-state index in [0.29, 0.717) is 0 Å². The number of halogens is 1. The van der Waals surface area contributed by atoms with Crippen molar-refractivity contribution in [1.82, 2.24) is 0 Å². The van der Waals surface area contributed by atoms with Gasteiger partial charge in [0.05, 0.1) is 0 Å². The van der Waals surface area contributed by atoms with Gasteiger partial charge in [-0.25, -0.2) is 0 Å². The summed E-state index contributed by atoms with van der Waals surface area (Å²) in [5.74, 6) is 0.181. The second-order valence-corrected chi connectivity index (χ2v) is 5.00. The lowest BCUT2D eigenvalue weighted by Gasteiger charge is -2.16. The van der Waals surface area contributed by atoms with Gasteiger partial charge in [-0.3, -0.25) is 4.79 Å². The molecule has 0 aliphatic carbocycles. The van der Waals surface area contributed by atoms with Crippen molar-refractivity contribution >= 4 is 21.7 Å². The molecule has 0 fully saturated rings. The normalized spacial score (nSPS) is 10.6. The van der Waals surface area contributed by atoms with Crippen molar-refractivity contribution in [1.29, 1.82) is 0 Å². The van der Waals surface area contributed by atoms with Crippen LogP contribution in [0.2, 0.25) is 0 Å². The van der Waals surface area contributed by atoms with Gasteiger partial charge in [-0.05, 0) is 12.1 Å². The third-order valence-electron chi connectivity index (χ3n) is 1.79. The number of hydrogen-bond acceptors (Lipinski definition) is 1. The van der Waals surface area contributed by atoms with E-state index in [4.69, 9.17) is 0 Å². The number of carbonyl (C=O) groups is 1. The lowest BCUT2D eigenvalue weighted by Crippen LogP contribution is -2.19. The van der Waals surface area contributed by atoms with Crippen molar-refractivity contribution in [3.63, 3.8) is 0 Å². The van der Waals surface area contributed by atoms with Crippen LogP contribution in [0.25, 0.3) is 0 Å². The molecule has 0 atom stereocenters. The van der Waals surface area contributed by atoms with Gasteiger partial charge in [0.15, 0.2) is 5.78 Å². The molecule has 2 heteroatoms. The molecule has 0 radical (unpaired) electrons. The van der Waals surface area contributed by atoms with Crippen molar-refractivity contribution in [3.05, 3.63) is 34.3 Å². The Bertz CT molecular complexity index is 306. The number of ketones is 1. The Morgan fingerprint density at radius 1 is 1.14 bits per heavy atom. The zero-order chi connectivity index (χ0) is 10.1. The van der Waals surface area contributed by atoms with Crippen molar-refractivity contribution < 1.29 is 4.79 Å². The highest BCUT2D eigenvalue weighted by Gasteiger charge is 2.22. The summed E-state index contributed by atoms with van der Waals surface area (Å²) < 4.78 is 0.998. The maximum atomic E-state index is 11.8. The summed E-state index contributed by atoms with van der Waals surface area (Å²) in [6.07, 6.45) is 0. The summed E-state index contributed by atoms with van der Waals surface area (Å²) in [6, 6.07) is 7.47. The molecule has 0 unspecified atom stereocenters. The summed E-state index contributed by atoms with van der Waals surface area (Å²) >= 11 is 3.33. The fourth-order valence-corrected chi connectivity index (χ4v) is 1.30. The topological polar surface area (TPSA) is 17.1 Å². The number of Topliss-reactive ketones (excluding diaryl/α,β-unsaturated/α-hetero) is 1. The maximum absolute atomic E-state index is 11.8. The molecule has 0 spiro atoms. The largest absolute Gasteiger partial charge is 0.294 e. The zero-order valence-corrected chi connectivity index (χ0v) is 9.68. The van der Waals surface area contributed by atoms with E-state index < -0.39 is 0 Å². The highest BCUT2D eigenvalue weighted by molar-refractivity contribution is 9.10. The third-order valence-corrected chi connectivity index (χ3v) is 2.32. The molecule has 1 nitrogen and oxygen atoms in total. The van der Waals surface area contributed by atoms with Crippen LogP contribution in [0.15, 0.2) is 28.7 Å². The van der Waals surface area contributed by atoms with Gasteiger partial charge in [-0.15, -0.1) is 0 Å². The molecule has 14 heavy (non-hydrogen) atoms. The van der Waals surface area contributed by atoms with Crippen molar-refractivity contribution in [2.45, 2.75) is 28.2 Å². The SMILES string of the molecule is C.CC(C)(C)C(=O)c1ccc(Br)cc1. The number of benzene rings is 1. The summed E-state index contributed by atoms with van der Waals surface area (Å²) in [5, 5.41) is 0. The van der Waals surface area contributed by atoms with E-state index in [1.807, 2.05) is 45.0 Å². The first-order valence-electron chi connectivity index (χ1n) is 4.21. The molecule has 0 heterocycles. The average molecular weight is 257 g/mol. The molecule has 1 rings (SSSR count). The molecule has 0 aliphatic heterocycles. The Balaban J connectivity index is 0.00000169. The first-order chi connectivity index (χ1) is 5.91. The highest BCUT2D eigenvalue weighted by Crippen LogP contribution is 2.21. The number of hydrogen-bond donors (Lipinski definition) is 0. The van der Waals surface area contributed by atoms with Crippen LogP contribution in [0.4, 0.5) is 0 Å². The van der Waals surface area contributed by atoms with E-state index in [9.17, 15) is 4.79 Å². The van der Waals surface area contributed by atoms with Crippen LogP contribution in [-0.2, 0) is 0 Å². The van der Waals surface area contributed by atoms with E-state index in [2.05, 4.69) is 15.9 Å². The molecule has 0 N–H and O–H groups in total. The third kappa shape index (κ3) is 3.26. The van der Waals surface area contributed by atoms with E-state index in [-0.39, 0.29) is 18.6 Å². The lowest BCUT2D eigenvalue weighted by atomic mass is 9.87. The summed E-state index contributed by atoms with van der Waals surface area (Å²) in [6.45, 7) is 5.78. The van der Waals surface area contributed by atoms with Gasteiger partial charge in [-0.2, -0.15) is 0 Å². The van der Waals surface area contributed by atoms with Crippen LogP contribution < -0.4 is 0 Å². The van der Waals surface area contributed by atoms with Crippen LogP contribution in [0.5, 0.6) is 0 Å². The van der Waals surface area contributed by atoms with E-state index in [1.54, 1.807) is 0 Å². The summed E-state index contributed by atoms with van der Waals surface area (Å²) in [5.41, 5.74) is 0.476. The van der Waals surface area contributed by atoms with Gasteiger partial charge in [0.1, 0.15) is 0 Å². The van der Waals surface area contributed by atoms with Crippen LogP contribution in [0, 0.1) is 5.41 Å². The fraction of sp³-hybridized carbons (Fsp3) is 0.417. The highest BCUT2D eigenvalue weighted by atomic mass is 79.9. The smallest absolute Gasteiger partial charge is 0.168 e. The molecule has 1 aromatic rings. The monoisotopic (exact) mass is 256 g/mol. The second kappa shape index (κ2) is 4.74. The lowest BCUT2D eigenvalue weighted by molar-refractivity contribution is 0.0858. The van der Waals surface area contributed by atoms with Gasteiger partial charge >= 0.3 is 0 Å². The van der Waals surface area contributed by atoms with E-state index in [0.717, 1.165) is 10.0 Å². The Morgan fingerprint density at radius 2 is 1.57 bits per heavy atom. The van der Waals surface area contributed by atoms with Crippen LogP contribution in [0.1, 0.15) is 38.6 Å². The molecule has 0 bridgehead atoms. The van der Waals surface area contributed by atoms with Gasteiger partial charge in [0.2, 0.25) is 0 Å². The van der Waals surface area contributed by atoms with Crippen molar-refractivity contribution in [2.75, 3.05) is 0 Å². The molecule has 0 aromatic heterocycles. The molecule has 0 aliphatic rings. The molecule has 78 valence electrons. The number of rotatable bonds is 1. The predicted molar refractivity (Wildman–Crippen MR) is 64.7 cm³/mol. The summed E-state index contributed by atoms with van der Waals surface area (Å²) in [4.78, 5) is 11.8. The Labute approximate surface area is 94.7 Å². The first-order valence-corrected chi connectivity index (χ1v) is 5.01. The fourth-order valence-electron chi connectivity index (χ4n) is 1.03. The van der Waals surface area contributed by atoms with Crippen LogP contribution in [-0.4, -0.2) is 5.78 Å². The second-order valence-electron chi connectivity index (χ2n) is 4.09. The predicted octanol–water partition coefficient (Wildman–Crippen LogP) is 4.31. The quantitative estimate of drug-likeness (QED) is 0.685. The Hall–Kier alpha value is -0.630.